The van der Waals surface area contributed by atoms with Crippen molar-refractivity contribution in [1.82, 2.24) is 4.90 Å². The standard InChI is InChI=1S/C15H24N2O2S/c1-11(2)14(16)15(18)17(9-12-5-3-7-19-12)10-13-6-4-8-20-13/h4,6,8,11-12,14H,3,5,7,9-10,16H2,1-2H3/t12?,14-/m1/s1. The van der Waals surface area contributed by atoms with E-state index in [1.165, 1.54) is 4.88 Å². The van der Waals surface area contributed by atoms with E-state index in [1.54, 1.807) is 11.3 Å². The summed E-state index contributed by atoms with van der Waals surface area (Å²) in [5.41, 5.74) is 6.04. The quantitative estimate of drug-likeness (QED) is 0.876. The summed E-state index contributed by atoms with van der Waals surface area (Å²) in [4.78, 5) is 15.6. The third-order valence-electron chi connectivity index (χ3n) is 3.69. The Balaban J connectivity index is 2.03. The van der Waals surface area contributed by atoms with Crippen LogP contribution in [0.25, 0.3) is 0 Å². The van der Waals surface area contributed by atoms with Crippen LogP contribution in [0.5, 0.6) is 0 Å². The first-order valence-electron chi connectivity index (χ1n) is 7.26. The van der Waals surface area contributed by atoms with Crippen LogP contribution < -0.4 is 5.73 Å². The van der Waals surface area contributed by atoms with Gasteiger partial charge >= 0.3 is 0 Å². The molecule has 4 nitrogen and oxygen atoms in total. The molecule has 2 rings (SSSR count). The highest BCUT2D eigenvalue weighted by molar-refractivity contribution is 7.09. The van der Waals surface area contributed by atoms with Crippen molar-refractivity contribution in [2.24, 2.45) is 11.7 Å². The number of carbonyl (C=O) groups excluding carboxylic acids is 1. The molecule has 1 saturated heterocycles. The van der Waals surface area contributed by atoms with Crippen LogP contribution >= 0.6 is 11.3 Å². The largest absolute Gasteiger partial charge is 0.376 e. The normalized spacial score (nSPS) is 20.3. The van der Waals surface area contributed by atoms with Gasteiger partial charge in [-0.05, 0) is 30.2 Å². The van der Waals surface area contributed by atoms with Crippen LogP contribution in [0.15, 0.2) is 17.5 Å². The molecule has 0 aromatic carbocycles. The fourth-order valence-corrected chi connectivity index (χ4v) is 3.07. The molecule has 1 aromatic heterocycles. The maximum absolute atomic E-state index is 12.5. The van der Waals surface area contributed by atoms with Gasteiger partial charge in [-0.3, -0.25) is 4.79 Å². The summed E-state index contributed by atoms with van der Waals surface area (Å²) in [6.45, 7) is 6.06. The number of nitrogens with zero attached hydrogens (tertiary/aromatic N) is 1. The van der Waals surface area contributed by atoms with Crippen molar-refractivity contribution < 1.29 is 9.53 Å². The SMILES string of the molecule is CC(C)[C@@H](N)C(=O)N(Cc1cccs1)CC1CCCO1. The molecule has 20 heavy (non-hydrogen) atoms. The summed E-state index contributed by atoms with van der Waals surface area (Å²) in [6, 6.07) is 3.63. The van der Waals surface area contributed by atoms with Gasteiger partial charge in [-0.15, -0.1) is 11.3 Å². The van der Waals surface area contributed by atoms with Crippen LogP contribution in [0, 0.1) is 5.92 Å². The fraction of sp³-hybridized carbons (Fsp3) is 0.667. The van der Waals surface area contributed by atoms with Crippen molar-refractivity contribution in [2.75, 3.05) is 13.2 Å². The zero-order valence-corrected chi connectivity index (χ0v) is 13.1. The topological polar surface area (TPSA) is 55.6 Å². The van der Waals surface area contributed by atoms with Crippen LogP contribution in [0.1, 0.15) is 31.6 Å². The van der Waals surface area contributed by atoms with E-state index >= 15 is 0 Å². The molecule has 112 valence electrons. The number of rotatable bonds is 6. The average Bonchev–Trinajstić information content (AvgIpc) is 3.09. The zero-order valence-electron chi connectivity index (χ0n) is 12.2. The molecule has 1 aliphatic rings. The van der Waals surface area contributed by atoms with Crippen molar-refractivity contribution in [1.29, 1.82) is 0 Å². The monoisotopic (exact) mass is 296 g/mol. The molecule has 0 spiro atoms. The summed E-state index contributed by atoms with van der Waals surface area (Å²) in [5, 5.41) is 2.03. The van der Waals surface area contributed by atoms with Gasteiger partial charge in [0.2, 0.25) is 5.91 Å². The Morgan fingerprint density at radius 1 is 1.60 bits per heavy atom. The second-order valence-electron chi connectivity index (χ2n) is 5.70. The van der Waals surface area contributed by atoms with Crippen molar-refractivity contribution in [2.45, 2.75) is 45.4 Å². The second kappa shape index (κ2) is 7.20. The molecule has 5 heteroatoms. The summed E-state index contributed by atoms with van der Waals surface area (Å²) in [6.07, 6.45) is 2.28. The molecule has 0 bridgehead atoms. The first-order valence-corrected chi connectivity index (χ1v) is 8.14. The van der Waals surface area contributed by atoms with E-state index in [-0.39, 0.29) is 17.9 Å². The van der Waals surface area contributed by atoms with E-state index in [4.69, 9.17) is 10.5 Å². The summed E-state index contributed by atoms with van der Waals surface area (Å²) in [5.74, 6) is 0.182. The van der Waals surface area contributed by atoms with Crippen LogP contribution in [0.3, 0.4) is 0 Å². The van der Waals surface area contributed by atoms with Crippen molar-refractivity contribution >= 4 is 17.2 Å². The van der Waals surface area contributed by atoms with Crippen LogP contribution in [-0.4, -0.2) is 36.1 Å². The predicted octanol–water partition coefficient (Wildman–Crippen LogP) is 2.24. The number of thiophene rings is 1. The van der Waals surface area contributed by atoms with Gasteiger partial charge < -0.3 is 15.4 Å². The molecule has 1 aromatic rings. The Morgan fingerprint density at radius 2 is 2.40 bits per heavy atom. The molecule has 2 heterocycles. The predicted molar refractivity (Wildman–Crippen MR) is 81.5 cm³/mol. The molecule has 1 aliphatic heterocycles. The minimum atomic E-state index is -0.434. The smallest absolute Gasteiger partial charge is 0.240 e. The van der Waals surface area contributed by atoms with Gasteiger partial charge in [-0.25, -0.2) is 0 Å². The lowest BCUT2D eigenvalue weighted by Crippen LogP contribution is -2.48. The number of amides is 1. The molecule has 0 saturated carbocycles. The Labute approximate surface area is 124 Å². The Hall–Kier alpha value is -0.910. The molecule has 1 unspecified atom stereocenters. The molecule has 2 atom stereocenters. The van der Waals surface area contributed by atoms with E-state index in [1.807, 2.05) is 30.2 Å². The Kier molecular flexibility index (Phi) is 5.57. The maximum atomic E-state index is 12.5. The van der Waals surface area contributed by atoms with Gasteiger partial charge in [-0.2, -0.15) is 0 Å². The van der Waals surface area contributed by atoms with Crippen molar-refractivity contribution in [3.05, 3.63) is 22.4 Å². The van der Waals surface area contributed by atoms with Gasteiger partial charge in [-0.1, -0.05) is 19.9 Å². The zero-order chi connectivity index (χ0) is 14.5. The average molecular weight is 296 g/mol. The van der Waals surface area contributed by atoms with Crippen LogP contribution in [0.2, 0.25) is 0 Å². The van der Waals surface area contributed by atoms with Gasteiger partial charge in [0.15, 0.2) is 0 Å². The first kappa shape index (κ1) is 15.5. The maximum Gasteiger partial charge on any atom is 0.240 e. The molecule has 2 N–H and O–H groups in total. The van der Waals surface area contributed by atoms with E-state index in [9.17, 15) is 4.79 Å². The summed E-state index contributed by atoms with van der Waals surface area (Å²) in [7, 11) is 0. The highest BCUT2D eigenvalue weighted by atomic mass is 32.1. The van der Waals surface area contributed by atoms with Crippen molar-refractivity contribution in [3.63, 3.8) is 0 Å². The highest BCUT2D eigenvalue weighted by Crippen LogP contribution is 2.18. The van der Waals surface area contributed by atoms with Crippen LogP contribution in [-0.2, 0) is 16.1 Å². The number of nitrogens with two attached hydrogens (primary N) is 1. The number of ether oxygens (including phenoxy) is 1. The van der Waals surface area contributed by atoms with E-state index in [0.29, 0.717) is 13.1 Å². The second-order valence-corrected chi connectivity index (χ2v) is 6.74. The van der Waals surface area contributed by atoms with Gasteiger partial charge in [0, 0.05) is 18.0 Å². The number of carbonyl (C=O) groups is 1. The first-order chi connectivity index (χ1) is 9.58. The summed E-state index contributed by atoms with van der Waals surface area (Å²) >= 11 is 1.67. The molecule has 1 amide bonds. The molecule has 0 aliphatic carbocycles. The number of hydrogen-bond donors (Lipinski definition) is 1. The Morgan fingerprint density at radius 3 is 2.95 bits per heavy atom. The lowest BCUT2D eigenvalue weighted by molar-refractivity contribution is -0.135. The van der Waals surface area contributed by atoms with Gasteiger partial charge in [0.05, 0.1) is 18.7 Å². The highest BCUT2D eigenvalue weighted by Gasteiger charge is 2.27. The van der Waals surface area contributed by atoms with E-state index in [2.05, 4.69) is 6.07 Å². The minimum absolute atomic E-state index is 0.0314. The van der Waals surface area contributed by atoms with Gasteiger partial charge in [0.1, 0.15) is 0 Å². The van der Waals surface area contributed by atoms with Crippen molar-refractivity contribution in [3.8, 4) is 0 Å². The fourth-order valence-electron chi connectivity index (χ4n) is 2.35. The lowest BCUT2D eigenvalue weighted by atomic mass is 10.0. The number of hydrogen-bond acceptors (Lipinski definition) is 4. The van der Waals surface area contributed by atoms with E-state index < -0.39 is 6.04 Å². The third-order valence-corrected chi connectivity index (χ3v) is 4.55. The van der Waals surface area contributed by atoms with E-state index in [0.717, 1.165) is 19.4 Å². The minimum Gasteiger partial charge on any atom is -0.376 e. The van der Waals surface area contributed by atoms with Crippen LogP contribution in [0.4, 0.5) is 0 Å². The molecule has 0 radical (unpaired) electrons. The molecule has 1 fully saturated rings. The molecular weight excluding hydrogens is 272 g/mol. The Bertz CT molecular complexity index is 414. The summed E-state index contributed by atoms with van der Waals surface area (Å²) < 4.78 is 5.66. The third kappa shape index (κ3) is 4.04. The van der Waals surface area contributed by atoms with Gasteiger partial charge in [0.25, 0.3) is 0 Å². The molecular formula is C15H24N2O2S. The lowest BCUT2D eigenvalue weighted by Gasteiger charge is -2.29.